The van der Waals surface area contributed by atoms with Gasteiger partial charge in [-0.2, -0.15) is 0 Å². The van der Waals surface area contributed by atoms with E-state index < -0.39 is 0 Å². The molecule has 1 aromatic carbocycles. The predicted octanol–water partition coefficient (Wildman–Crippen LogP) is 4.46. The van der Waals surface area contributed by atoms with Crippen molar-refractivity contribution in [2.24, 2.45) is 0 Å². The summed E-state index contributed by atoms with van der Waals surface area (Å²) in [5.41, 5.74) is 2.52. The van der Waals surface area contributed by atoms with Crippen LogP contribution in [0.2, 0.25) is 0 Å². The first kappa shape index (κ1) is 10.3. The van der Waals surface area contributed by atoms with E-state index in [0.717, 1.165) is 17.9 Å². The van der Waals surface area contributed by atoms with Gasteiger partial charge in [-0.15, -0.1) is 0 Å². The summed E-state index contributed by atoms with van der Waals surface area (Å²) in [4.78, 5) is 0. The Morgan fingerprint density at radius 3 is 2.15 bits per heavy atom. The molecule has 0 aliphatic heterocycles. The molecule has 1 aromatic rings. The Hall–Kier alpha value is -0.750. The van der Waals surface area contributed by atoms with Gasteiger partial charge in [-0.05, 0) is 24.0 Å². The molecule has 0 aliphatic rings. The molecule has 0 fully saturated rings. The lowest BCUT2D eigenvalue weighted by Gasteiger charge is -2.07. The van der Waals surface area contributed by atoms with Gasteiger partial charge in [-0.25, -0.2) is 0 Å². The van der Waals surface area contributed by atoms with E-state index in [2.05, 4.69) is 26.0 Å². The van der Waals surface area contributed by atoms with Crippen LogP contribution in [0.1, 0.15) is 32.3 Å². The largest absolute Gasteiger partial charge is 0.0888 e. The van der Waals surface area contributed by atoms with Crippen molar-refractivity contribution < 1.29 is 0 Å². The third-order valence-corrected chi connectivity index (χ3v) is 2.61. The molecule has 0 unspecified atom stereocenters. The van der Waals surface area contributed by atoms with Gasteiger partial charge in [0.05, 0.1) is 0 Å². The molecule has 0 aromatic heterocycles. The van der Waals surface area contributed by atoms with Gasteiger partial charge in [0, 0.05) is 5.03 Å². The topological polar surface area (TPSA) is 0 Å². The molecule has 0 spiro atoms. The van der Waals surface area contributed by atoms with Crippen LogP contribution in [0.4, 0.5) is 0 Å². The molecule has 1 rings (SSSR count). The summed E-state index contributed by atoms with van der Waals surface area (Å²) < 4.78 is 0. The molecule has 0 nitrogen and oxygen atoms in total. The fourth-order valence-corrected chi connectivity index (χ4v) is 1.65. The van der Waals surface area contributed by atoms with E-state index in [4.69, 9.17) is 11.6 Å². The lowest BCUT2D eigenvalue weighted by atomic mass is 10.0. The highest BCUT2D eigenvalue weighted by atomic mass is 35.5. The molecule has 1 heteroatoms. The van der Waals surface area contributed by atoms with E-state index in [1.807, 2.05) is 18.2 Å². The predicted molar refractivity (Wildman–Crippen MR) is 59.8 cm³/mol. The van der Waals surface area contributed by atoms with Gasteiger partial charge >= 0.3 is 0 Å². The summed E-state index contributed by atoms with van der Waals surface area (Å²) >= 11 is 6.15. The van der Waals surface area contributed by atoms with E-state index in [0.29, 0.717) is 0 Å². The first-order chi connectivity index (χ1) is 6.29. The molecule has 0 atom stereocenters. The van der Waals surface area contributed by atoms with Gasteiger partial charge in [0.2, 0.25) is 0 Å². The van der Waals surface area contributed by atoms with Crippen molar-refractivity contribution >= 4 is 17.2 Å². The minimum atomic E-state index is 0.916. The highest BCUT2D eigenvalue weighted by Crippen LogP contribution is 2.25. The molecule has 0 bridgehead atoms. The van der Waals surface area contributed by atoms with Gasteiger partial charge in [0.25, 0.3) is 0 Å². The molecular weight excluding hydrogens is 180 g/mol. The third-order valence-electron chi connectivity index (χ3n) is 2.11. The monoisotopic (exact) mass is 194 g/mol. The Balaban J connectivity index is 3.05. The van der Waals surface area contributed by atoms with Crippen LogP contribution in [0, 0.1) is 0 Å². The van der Waals surface area contributed by atoms with Crippen LogP contribution < -0.4 is 0 Å². The summed E-state index contributed by atoms with van der Waals surface area (Å²) in [6, 6.07) is 10.3. The zero-order valence-corrected chi connectivity index (χ0v) is 8.93. The summed E-state index contributed by atoms with van der Waals surface area (Å²) in [6.45, 7) is 4.22. The van der Waals surface area contributed by atoms with Crippen LogP contribution in [0.25, 0.3) is 5.57 Å². The standard InChI is InChI=1S/C12H15Cl/c1-3-11(12(13)4-2)10-8-6-5-7-9-10/h5-9H,3-4H2,1-2H3. The zero-order valence-electron chi connectivity index (χ0n) is 8.18. The maximum absolute atomic E-state index is 6.15. The maximum Gasteiger partial charge on any atom is 0.0216 e. The molecule has 0 aliphatic carbocycles. The second-order valence-electron chi connectivity index (χ2n) is 2.96. The second kappa shape index (κ2) is 5.08. The SMILES string of the molecule is CCC(Cl)=C(CC)c1ccccc1. The van der Waals surface area contributed by atoms with Crippen molar-refractivity contribution in [1.29, 1.82) is 0 Å². The van der Waals surface area contributed by atoms with E-state index in [1.54, 1.807) is 0 Å². The number of halogens is 1. The summed E-state index contributed by atoms with van der Waals surface area (Å²) in [6.07, 6.45) is 1.91. The van der Waals surface area contributed by atoms with Crippen LogP contribution >= 0.6 is 11.6 Å². The van der Waals surface area contributed by atoms with Gasteiger partial charge in [0.15, 0.2) is 0 Å². The Bertz CT molecular complexity index is 285. The second-order valence-corrected chi connectivity index (χ2v) is 3.41. The highest BCUT2D eigenvalue weighted by Gasteiger charge is 2.02. The van der Waals surface area contributed by atoms with Crippen LogP contribution in [0.3, 0.4) is 0 Å². The van der Waals surface area contributed by atoms with Crippen LogP contribution in [0.15, 0.2) is 35.4 Å². The fraction of sp³-hybridized carbons (Fsp3) is 0.333. The molecule has 0 heterocycles. The fourth-order valence-electron chi connectivity index (χ4n) is 1.41. The first-order valence-corrected chi connectivity index (χ1v) is 5.10. The van der Waals surface area contributed by atoms with Gasteiger partial charge in [-0.3, -0.25) is 0 Å². The number of rotatable bonds is 3. The van der Waals surface area contributed by atoms with Crippen LogP contribution in [0.5, 0.6) is 0 Å². The van der Waals surface area contributed by atoms with Crippen molar-refractivity contribution in [3.8, 4) is 0 Å². The lowest BCUT2D eigenvalue weighted by Crippen LogP contribution is -1.85. The van der Waals surface area contributed by atoms with Crippen LogP contribution in [-0.2, 0) is 0 Å². The number of allylic oxidation sites excluding steroid dienone is 2. The van der Waals surface area contributed by atoms with Gasteiger partial charge < -0.3 is 0 Å². The normalized spacial score (nSPS) is 12.5. The summed E-state index contributed by atoms with van der Waals surface area (Å²) in [7, 11) is 0. The highest BCUT2D eigenvalue weighted by molar-refractivity contribution is 6.32. The Morgan fingerprint density at radius 1 is 1.08 bits per heavy atom. The molecule has 13 heavy (non-hydrogen) atoms. The van der Waals surface area contributed by atoms with E-state index >= 15 is 0 Å². The average Bonchev–Trinajstić information content (AvgIpc) is 2.20. The summed E-state index contributed by atoms with van der Waals surface area (Å²) in [5, 5.41) is 0.980. The number of benzene rings is 1. The average molecular weight is 195 g/mol. The van der Waals surface area contributed by atoms with Crippen molar-refractivity contribution in [2.75, 3.05) is 0 Å². The van der Waals surface area contributed by atoms with E-state index in [1.165, 1.54) is 11.1 Å². The minimum Gasteiger partial charge on any atom is -0.0888 e. The number of hydrogen-bond acceptors (Lipinski definition) is 0. The molecule has 0 saturated heterocycles. The van der Waals surface area contributed by atoms with Crippen molar-refractivity contribution in [3.63, 3.8) is 0 Å². The molecule has 0 saturated carbocycles. The lowest BCUT2D eigenvalue weighted by molar-refractivity contribution is 1.15. The molecule has 0 N–H and O–H groups in total. The quantitative estimate of drug-likeness (QED) is 0.667. The Kier molecular flexibility index (Phi) is 4.04. The number of hydrogen-bond donors (Lipinski definition) is 0. The molecule has 0 amide bonds. The van der Waals surface area contributed by atoms with Gasteiger partial charge in [0.1, 0.15) is 0 Å². The Labute approximate surface area is 85.2 Å². The molecule has 70 valence electrons. The van der Waals surface area contributed by atoms with Crippen molar-refractivity contribution in [1.82, 2.24) is 0 Å². The zero-order chi connectivity index (χ0) is 9.68. The third kappa shape index (κ3) is 2.60. The van der Waals surface area contributed by atoms with E-state index in [-0.39, 0.29) is 0 Å². The van der Waals surface area contributed by atoms with Crippen molar-refractivity contribution in [3.05, 3.63) is 40.9 Å². The maximum atomic E-state index is 6.15. The van der Waals surface area contributed by atoms with Crippen LogP contribution in [-0.4, -0.2) is 0 Å². The summed E-state index contributed by atoms with van der Waals surface area (Å²) in [5.74, 6) is 0. The Morgan fingerprint density at radius 2 is 1.69 bits per heavy atom. The minimum absolute atomic E-state index is 0.916. The van der Waals surface area contributed by atoms with Gasteiger partial charge in [-0.1, -0.05) is 55.8 Å². The van der Waals surface area contributed by atoms with E-state index in [9.17, 15) is 0 Å². The smallest absolute Gasteiger partial charge is 0.0216 e. The molecular formula is C12H15Cl. The first-order valence-electron chi connectivity index (χ1n) is 4.72. The molecule has 0 radical (unpaired) electrons. The van der Waals surface area contributed by atoms with Crippen molar-refractivity contribution in [2.45, 2.75) is 26.7 Å².